The van der Waals surface area contributed by atoms with E-state index in [0.717, 1.165) is 5.56 Å². The summed E-state index contributed by atoms with van der Waals surface area (Å²) in [5, 5.41) is 10.2. The number of methoxy groups -OCH3 is 2. The van der Waals surface area contributed by atoms with Crippen molar-refractivity contribution in [2.45, 2.75) is 19.9 Å². The molecule has 2 heterocycles. The molecule has 1 aromatic carbocycles. The van der Waals surface area contributed by atoms with Crippen LogP contribution < -0.4 is 20.7 Å². The van der Waals surface area contributed by atoms with Gasteiger partial charge in [-0.1, -0.05) is 6.07 Å². The predicted octanol–water partition coefficient (Wildman–Crippen LogP) is 2.99. The molecule has 3 rings (SSSR count). The van der Waals surface area contributed by atoms with Crippen molar-refractivity contribution >= 4 is 26.9 Å². The number of hydrogen-bond donors (Lipinski definition) is 1. The standard InChI is InChI=1S/C19H18BrNO6/c1-10-8-14-15(17(22)16(20)19(24)27-14)18(23)21(10)7-6-11-4-5-12(25-2)13(9-11)26-3/h4-5,8-9,22H,6-7H2,1-3H3. The summed E-state index contributed by atoms with van der Waals surface area (Å²) in [4.78, 5) is 24.5. The zero-order valence-electron chi connectivity index (χ0n) is 15.0. The summed E-state index contributed by atoms with van der Waals surface area (Å²) < 4.78 is 17.0. The highest BCUT2D eigenvalue weighted by atomic mass is 79.9. The lowest BCUT2D eigenvalue weighted by Crippen LogP contribution is -2.24. The second-order valence-corrected chi connectivity index (χ2v) is 6.77. The molecular weight excluding hydrogens is 418 g/mol. The van der Waals surface area contributed by atoms with Crippen molar-refractivity contribution in [2.75, 3.05) is 14.2 Å². The third kappa shape index (κ3) is 3.44. The molecule has 1 N–H and O–H groups in total. The normalized spacial score (nSPS) is 11.0. The fourth-order valence-corrected chi connectivity index (χ4v) is 3.22. The molecule has 0 spiro atoms. The zero-order valence-corrected chi connectivity index (χ0v) is 16.6. The Balaban J connectivity index is 2.01. The Hall–Kier alpha value is -2.74. The summed E-state index contributed by atoms with van der Waals surface area (Å²) in [7, 11) is 3.13. The van der Waals surface area contributed by atoms with Gasteiger partial charge < -0.3 is 23.6 Å². The van der Waals surface area contributed by atoms with Crippen LogP contribution in [0.3, 0.4) is 0 Å². The largest absolute Gasteiger partial charge is 0.506 e. The van der Waals surface area contributed by atoms with Crippen LogP contribution in [-0.4, -0.2) is 23.9 Å². The third-order valence-electron chi connectivity index (χ3n) is 4.37. The molecular formula is C19H18BrNO6. The second kappa shape index (κ2) is 7.48. The Morgan fingerprint density at radius 2 is 1.85 bits per heavy atom. The molecule has 0 saturated heterocycles. The van der Waals surface area contributed by atoms with Gasteiger partial charge >= 0.3 is 5.63 Å². The van der Waals surface area contributed by atoms with Gasteiger partial charge in [0.1, 0.15) is 15.4 Å². The number of halogens is 1. The summed E-state index contributed by atoms with van der Waals surface area (Å²) in [6.45, 7) is 2.13. The highest BCUT2D eigenvalue weighted by molar-refractivity contribution is 9.10. The molecule has 0 radical (unpaired) electrons. The van der Waals surface area contributed by atoms with Crippen LogP contribution in [0.1, 0.15) is 11.3 Å². The van der Waals surface area contributed by atoms with Crippen LogP contribution in [0.15, 0.2) is 42.7 Å². The van der Waals surface area contributed by atoms with Gasteiger partial charge in [0.05, 0.1) is 14.2 Å². The summed E-state index contributed by atoms with van der Waals surface area (Å²) in [5.41, 5.74) is 0.488. The smallest absolute Gasteiger partial charge is 0.354 e. The predicted molar refractivity (Wildman–Crippen MR) is 104 cm³/mol. The van der Waals surface area contributed by atoms with E-state index in [1.165, 1.54) is 4.57 Å². The van der Waals surface area contributed by atoms with E-state index in [4.69, 9.17) is 13.9 Å². The maximum Gasteiger partial charge on any atom is 0.354 e. The average Bonchev–Trinajstić information content (AvgIpc) is 2.65. The van der Waals surface area contributed by atoms with Crippen LogP contribution in [0.2, 0.25) is 0 Å². The first-order valence-electron chi connectivity index (χ1n) is 8.14. The zero-order chi connectivity index (χ0) is 19.7. The maximum absolute atomic E-state index is 12.9. The Labute approximate surface area is 162 Å². The number of nitrogens with zero attached hydrogens (tertiary/aromatic N) is 1. The van der Waals surface area contributed by atoms with Gasteiger partial charge in [-0.05, 0) is 47.0 Å². The number of aryl methyl sites for hydroxylation is 2. The van der Waals surface area contributed by atoms with Crippen molar-refractivity contribution in [2.24, 2.45) is 0 Å². The monoisotopic (exact) mass is 435 g/mol. The fraction of sp³-hybridized carbons (Fsp3) is 0.263. The van der Waals surface area contributed by atoms with Crippen LogP contribution in [-0.2, 0) is 13.0 Å². The number of ether oxygens (including phenoxy) is 2. The first-order chi connectivity index (χ1) is 12.9. The molecule has 0 aliphatic rings. The fourth-order valence-electron chi connectivity index (χ4n) is 2.94. The van der Waals surface area contributed by atoms with Gasteiger partial charge in [0, 0.05) is 18.3 Å². The van der Waals surface area contributed by atoms with E-state index in [0.29, 0.717) is 30.2 Å². The topological polar surface area (TPSA) is 90.9 Å². The summed E-state index contributed by atoms with van der Waals surface area (Å²) in [6, 6.07) is 7.13. The molecule has 7 nitrogen and oxygen atoms in total. The maximum atomic E-state index is 12.9. The van der Waals surface area contributed by atoms with Crippen molar-refractivity contribution in [3.8, 4) is 17.2 Å². The molecule has 0 fully saturated rings. The lowest BCUT2D eigenvalue weighted by Gasteiger charge is -2.13. The van der Waals surface area contributed by atoms with Crippen LogP contribution in [0, 0.1) is 6.92 Å². The molecule has 3 aromatic rings. The highest BCUT2D eigenvalue weighted by Gasteiger charge is 2.17. The minimum atomic E-state index is -0.734. The van der Waals surface area contributed by atoms with Crippen LogP contribution in [0.25, 0.3) is 11.0 Å². The summed E-state index contributed by atoms with van der Waals surface area (Å²) in [6.07, 6.45) is 0.561. The van der Waals surface area contributed by atoms with Crippen molar-refractivity contribution < 1.29 is 19.0 Å². The van der Waals surface area contributed by atoms with Gasteiger partial charge in [0.25, 0.3) is 5.56 Å². The lowest BCUT2D eigenvalue weighted by molar-refractivity contribution is 0.354. The average molecular weight is 436 g/mol. The Morgan fingerprint density at radius 3 is 2.52 bits per heavy atom. The Morgan fingerprint density at radius 1 is 1.15 bits per heavy atom. The molecule has 142 valence electrons. The molecule has 27 heavy (non-hydrogen) atoms. The number of fused-ring (bicyclic) bond motifs is 1. The molecule has 0 aliphatic carbocycles. The molecule has 0 atom stereocenters. The molecule has 0 saturated carbocycles. The molecule has 0 aliphatic heterocycles. The highest BCUT2D eigenvalue weighted by Crippen LogP contribution is 2.29. The van der Waals surface area contributed by atoms with Gasteiger partial charge in [-0.25, -0.2) is 4.79 Å². The molecule has 0 bridgehead atoms. The number of benzene rings is 1. The Kier molecular flexibility index (Phi) is 5.27. The van der Waals surface area contributed by atoms with E-state index in [-0.39, 0.29) is 15.4 Å². The summed E-state index contributed by atoms with van der Waals surface area (Å²) in [5.74, 6) is 0.831. The quantitative estimate of drug-likeness (QED) is 0.662. The lowest BCUT2D eigenvalue weighted by atomic mass is 10.1. The van der Waals surface area contributed by atoms with Crippen LogP contribution in [0.5, 0.6) is 17.2 Å². The van der Waals surface area contributed by atoms with E-state index in [9.17, 15) is 14.7 Å². The first-order valence-corrected chi connectivity index (χ1v) is 8.93. The van der Waals surface area contributed by atoms with Crippen molar-refractivity contribution in [1.29, 1.82) is 0 Å². The number of hydrogen-bond acceptors (Lipinski definition) is 6. The van der Waals surface area contributed by atoms with E-state index in [1.807, 2.05) is 18.2 Å². The van der Waals surface area contributed by atoms with Gasteiger partial charge in [-0.3, -0.25) is 4.79 Å². The van der Waals surface area contributed by atoms with Gasteiger partial charge in [0.15, 0.2) is 17.2 Å². The number of aromatic nitrogens is 1. The Bertz CT molecular complexity index is 1130. The minimum Gasteiger partial charge on any atom is -0.506 e. The number of aromatic hydroxyl groups is 1. The van der Waals surface area contributed by atoms with E-state index >= 15 is 0 Å². The number of pyridine rings is 1. The van der Waals surface area contributed by atoms with E-state index in [1.54, 1.807) is 27.2 Å². The van der Waals surface area contributed by atoms with Crippen molar-refractivity contribution in [1.82, 2.24) is 4.57 Å². The second-order valence-electron chi connectivity index (χ2n) is 5.97. The van der Waals surface area contributed by atoms with E-state index < -0.39 is 16.9 Å². The van der Waals surface area contributed by atoms with Crippen LogP contribution in [0.4, 0.5) is 0 Å². The van der Waals surface area contributed by atoms with Gasteiger partial charge in [-0.15, -0.1) is 0 Å². The van der Waals surface area contributed by atoms with Crippen LogP contribution >= 0.6 is 15.9 Å². The SMILES string of the molecule is COc1ccc(CCn2c(C)cc3oc(=O)c(Br)c(O)c3c2=O)cc1OC. The molecule has 0 unspecified atom stereocenters. The van der Waals surface area contributed by atoms with Crippen molar-refractivity contribution in [3.63, 3.8) is 0 Å². The van der Waals surface area contributed by atoms with Gasteiger partial charge in [-0.2, -0.15) is 0 Å². The van der Waals surface area contributed by atoms with E-state index in [2.05, 4.69) is 15.9 Å². The number of rotatable bonds is 5. The molecule has 8 heteroatoms. The molecule has 0 amide bonds. The summed E-state index contributed by atoms with van der Waals surface area (Å²) >= 11 is 2.95. The first kappa shape index (κ1) is 19.0. The third-order valence-corrected chi connectivity index (χ3v) is 5.07. The van der Waals surface area contributed by atoms with Gasteiger partial charge in [0.2, 0.25) is 0 Å². The van der Waals surface area contributed by atoms with Crippen molar-refractivity contribution in [3.05, 3.63) is 60.8 Å². The molecule has 2 aromatic heterocycles. The minimum absolute atomic E-state index is 0.0283.